The maximum atomic E-state index is 12.0. The lowest BCUT2D eigenvalue weighted by molar-refractivity contribution is 0.0519. The molecule has 0 N–H and O–H groups in total. The second kappa shape index (κ2) is 6.29. The minimum absolute atomic E-state index is 0.00592. The highest BCUT2D eigenvalue weighted by Gasteiger charge is 2.13. The molecule has 0 unspecified atom stereocenters. The first-order valence-electron chi connectivity index (χ1n) is 5.96. The number of Topliss-reactive ketones (excluding diaryl/α,β-unsaturated/α-hetero) is 1. The van der Waals surface area contributed by atoms with Crippen LogP contribution in [-0.4, -0.2) is 33.4 Å². The van der Waals surface area contributed by atoms with E-state index in [0.29, 0.717) is 10.6 Å². The van der Waals surface area contributed by atoms with Gasteiger partial charge in [0, 0.05) is 10.6 Å². The molecular weight excluding hydrogens is 282 g/mol. The highest BCUT2D eigenvalue weighted by molar-refractivity contribution is 6.30. The fourth-order valence-electron chi connectivity index (χ4n) is 1.55. The molecule has 0 fully saturated rings. The first kappa shape index (κ1) is 14.2. The van der Waals surface area contributed by atoms with Crippen molar-refractivity contribution in [1.29, 1.82) is 0 Å². The molecule has 0 saturated carbocycles. The third kappa shape index (κ3) is 3.42. The van der Waals surface area contributed by atoms with Gasteiger partial charge in [0.1, 0.15) is 6.54 Å². The Morgan fingerprint density at radius 2 is 2.00 bits per heavy atom. The molecular formula is C13H12ClN3O3. The van der Waals surface area contributed by atoms with Crippen LogP contribution in [0.4, 0.5) is 0 Å². The van der Waals surface area contributed by atoms with Crippen molar-refractivity contribution in [1.82, 2.24) is 15.0 Å². The normalized spacial score (nSPS) is 10.3. The Labute approximate surface area is 120 Å². The second-order valence-electron chi connectivity index (χ2n) is 3.95. The topological polar surface area (TPSA) is 74.1 Å². The maximum Gasteiger partial charge on any atom is 0.360 e. The monoisotopic (exact) mass is 293 g/mol. The summed E-state index contributed by atoms with van der Waals surface area (Å²) in [6.45, 7) is 1.95. The molecule has 0 saturated heterocycles. The summed E-state index contributed by atoms with van der Waals surface area (Å²) in [5.41, 5.74) is 0.596. The van der Waals surface area contributed by atoms with Crippen molar-refractivity contribution in [2.45, 2.75) is 13.5 Å². The van der Waals surface area contributed by atoms with E-state index in [1.807, 2.05) is 0 Å². The largest absolute Gasteiger partial charge is 0.461 e. The van der Waals surface area contributed by atoms with Gasteiger partial charge in [-0.3, -0.25) is 4.79 Å². The zero-order valence-corrected chi connectivity index (χ0v) is 11.5. The number of esters is 1. The van der Waals surface area contributed by atoms with Crippen molar-refractivity contribution in [2.75, 3.05) is 6.61 Å². The molecule has 2 rings (SSSR count). The van der Waals surface area contributed by atoms with Crippen molar-refractivity contribution in [3.05, 3.63) is 46.7 Å². The third-order valence-electron chi connectivity index (χ3n) is 2.50. The fourth-order valence-corrected chi connectivity index (χ4v) is 1.67. The lowest BCUT2D eigenvalue weighted by Crippen LogP contribution is -2.11. The summed E-state index contributed by atoms with van der Waals surface area (Å²) in [5.74, 6) is -0.709. The third-order valence-corrected chi connectivity index (χ3v) is 2.75. The van der Waals surface area contributed by atoms with E-state index in [-0.39, 0.29) is 24.6 Å². The van der Waals surface area contributed by atoms with Crippen LogP contribution in [0, 0.1) is 0 Å². The van der Waals surface area contributed by atoms with E-state index in [4.69, 9.17) is 16.3 Å². The van der Waals surface area contributed by atoms with Crippen LogP contribution in [0.1, 0.15) is 27.8 Å². The Morgan fingerprint density at radius 1 is 1.30 bits per heavy atom. The molecule has 0 amide bonds. The molecule has 2 aromatic rings. The summed E-state index contributed by atoms with van der Waals surface area (Å²) < 4.78 is 6.08. The Morgan fingerprint density at radius 3 is 2.65 bits per heavy atom. The molecule has 1 aromatic carbocycles. The van der Waals surface area contributed by atoms with Crippen LogP contribution in [-0.2, 0) is 11.3 Å². The minimum atomic E-state index is -0.558. The molecule has 0 aliphatic carbocycles. The average Bonchev–Trinajstić information content (AvgIpc) is 2.88. The van der Waals surface area contributed by atoms with E-state index in [1.165, 1.54) is 10.9 Å². The molecule has 0 aliphatic heterocycles. The number of ether oxygens (including phenoxy) is 1. The zero-order valence-electron chi connectivity index (χ0n) is 10.7. The predicted octanol–water partition coefficient (Wildman–Crippen LogP) is 1.99. The van der Waals surface area contributed by atoms with E-state index in [1.54, 1.807) is 31.2 Å². The number of benzene rings is 1. The quantitative estimate of drug-likeness (QED) is 0.622. The number of aromatic nitrogens is 3. The summed E-state index contributed by atoms with van der Waals surface area (Å²) in [6.07, 6.45) is 1.38. The number of halogens is 1. The van der Waals surface area contributed by atoms with Crippen LogP contribution in [0.25, 0.3) is 0 Å². The molecule has 0 aliphatic rings. The molecule has 7 heteroatoms. The molecule has 0 radical (unpaired) electrons. The predicted molar refractivity (Wildman–Crippen MR) is 71.8 cm³/mol. The first-order chi connectivity index (χ1) is 9.60. The van der Waals surface area contributed by atoms with Crippen molar-refractivity contribution < 1.29 is 14.3 Å². The van der Waals surface area contributed by atoms with Crippen LogP contribution in [0.15, 0.2) is 30.5 Å². The summed E-state index contributed by atoms with van der Waals surface area (Å²) in [5, 5.41) is 7.94. The van der Waals surface area contributed by atoms with Crippen molar-refractivity contribution in [3.63, 3.8) is 0 Å². The number of carbonyl (C=O) groups is 2. The lowest BCUT2D eigenvalue weighted by Gasteiger charge is -2.00. The Hall–Kier alpha value is -2.21. The first-order valence-corrected chi connectivity index (χ1v) is 6.34. The number of hydrogen-bond donors (Lipinski definition) is 0. The SMILES string of the molecule is CCOC(=O)c1cn(CC(=O)c2ccc(Cl)cc2)nn1. The number of carbonyl (C=O) groups excluding carboxylic acids is 2. The van der Waals surface area contributed by atoms with E-state index in [0.717, 1.165) is 0 Å². The summed E-state index contributed by atoms with van der Waals surface area (Å²) >= 11 is 5.75. The molecule has 20 heavy (non-hydrogen) atoms. The van der Waals surface area contributed by atoms with Gasteiger partial charge < -0.3 is 4.74 Å². The van der Waals surface area contributed by atoms with E-state index < -0.39 is 5.97 Å². The molecule has 6 nitrogen and oxygen atoms in total. The van der Waals surface area contributed by atoms with E-state index >= 15 is 0 Å². The van der Waals surface area contributed by atoms with Crippen molar-refractivity contribution >= 4 is 23.4 Å². The number of rotatable bonds is 5. The standard InChI is InChI=1S/C13H12ClN3O3/c1-2-20-13(19)11-7-17(16-15-11)8-12(18)9-3-5-10(14)6-4-9/h3-7H,2,8H2,1H3. The van der Waals surface area contributed by atoms with Crippen LogP contribution in [0.3, 0.4) is 0 Å². The van der Waals surface area contributed by atoms with Gasteiger partial charge in [-0.25, -0.2) is 9.48 Å². The smallest absolute Gasteiger partial charge is 0.360 e. The van der Waals surface area contributed by atoms with Gasteiger partial charge in [0.25, 0.3) is 0 Å². The van der Waals surface area contributed by atoms with Gasteiger partial charge >= 0.3 is 5.97 Å². The number of ketones is 1. The molecule has 1 heterocycles. The Bertz CT molecular complexity index is 622. The van der Waals surface area contributed by atoms with Gasteiger partial charge in [-0.1, -0.05) is 16.8 Å². The van der Waals surface area contributed by atoms with Gasteiger partial charge in [-0.15, -0.1) is 5.10 Å². The van der Waals surface area contributed by atoms with Crippen molar-refractivity contribution in [2.24, 2.45) is 0 Å². The highest BCUT2D eigenvalue weighted by atomic mass is 35.5. The van der Waals surface area contributed by atoms with Crippen LogP contribution < -0.4 is 0 Å². The minimum Gasteiger partial charge on any atom is -0.461 e. The summed E-state index contributed by atoms with van der Waals surface area (Å²) in [4.78, 5) is 23.4. The van der Waals surface area contributed by atoms with Crippen LogP contribution in [0.2, 0.25) is 5.02 Å². The highest BCUT2D eigenvalue weighted by Crippen LogP contribution is 2.10. The van der Waals surface area contributed by atoms with Crippen LogP contribution >= 0.6 is 11.6 Å². The van der Waals surface area contributed by atoms with Crippen LogP contribution in [0.5, 0.6) is 0 Å². The van der Waals surface area contributed by atoms with Gasteiger partial charge in [0.15, 0.2) is 11.5 Å². The maximum absolute atomic E-state index is 12.0. The van der Waals surface area contributed by atoms with E-state index in [2.05, 4.69) is 10.3 Å². The summed E-state index contributed by atoms with van der Waals surface area (Å²) in [7, 11) is 0. The Kier molecular flexibility index (Phi) is 4.47. The molecule has 0 spiro atoms. The number of hydrogen-bond acceptors (Lipinski definition) is 5. The molecule has 104 valence electrons. The molecule has 1 aromatic heterocycles. The Balaban J connectivity index is 2.05. The van der Waals surface area contributed by atoms with E-state index in [9.17, 15) is 9.59 Å². The van der Waals surface area contributed by atoms with Gasteiger partial charge in [0.05, 0.1) is 12.8 Å². The zero-order chi connectivity index (χ0) is 14.5. The fraction of sp³-hybridized carbons (Fsp3) is 0.231. The summed E-state index contributed by atoms with van der Waals surface area (Å²) in [6, 6.07) is 6.54. The molecule has 0 bridgehead atoms. The second-order valence-corrected chi connectivity index (χ2v) is 4.39. The number of nitrogens with zero attached hydrogens (tertiary/aromatic N) is 3. The molecule has 0 atom stereocenters. The van der Waals surface area contributed by atoms with Crippen molar-refractivity contribution in [3.8, 4) is 0 Å². The van der Waals surface area contributed by atoms with Gasteiger partial charge in [-0.2, -0.15) is 0 Å². The van der Waals surface area contributed by atoms with Gasteiger partial charge in [-0.05, 0) is 31.2 Å². The average molecular weight is 294 g/mol. The van der Waals surface area contributed by atoms with Gasteiger partial charge in [0.2, 0.25) is 0 Å². The lowest BCUT2D eigenvalue weighted by atomic mass is 10.1.